The summed E-state index contributed by atoms with van der Waals surface area (Å²) in [4.78, 5) is 35.3. The molecule has 4 aromatic rings. The van der Waals surface area contributed by atoms with E-state index in [4.69, 9.17) is 21.3 Å². The van der Waals surface area contributed by atoms with Crippen LogP contribution in [-0.4, -0.2) is 59.4 Å². The maximum absolute atomic E-state index is 13.4. The number of ether oxygens (including phenoxy) is 1. The predicted octanol–water partition coefficient (Wildman–Crippen LogP) is 5.66. The Hall–Kier alpha value is -3.49. The van der Waals surface area contributed by atoms with Gasteiger partial charge in [-0.1, -0.05) is 41.6 Å². The van der Waals surface area contributed by atoms with Crippen molar-refractivity contribution in [2.75, 3.05) is 43.9 Å². The Labute approximate surface area is 237 Å². The highest BCUT2D eigenvalue weighted by atomic mass is 35.5. The maximum Gasteiger partial charge on any atom is 0.266 e. The number of hydrogen-bond acceptors (Lipinski definition) is 6. The van der Waals surface area contributed by atoms with Crippen molar-refractivity contribution >= 4 is 45.9 Å². The number of anilines is 1. The zero-order valence-electron chi connectivity index (χ0n) is 21.9. The zero-order valence-corrected chi connectivity index (χ0v) is 23.5. The fourth-order valence-corrected chi connectivity index (χ4v) is 5.95. The molecule has 39 heavy (non-hydrogen) atoms. The van der Waals surface area contributed by atoms with Crippen LogP contribution >= 0.6 is 23.4 Å². The number of fused-ring (bicyclic) bond motifs is 1. The lowest BCUT2D eigenvalue weighted by Crippen LogP contribution is -2.48. The normalized spacial score (nSPS) is 13.6. The van der Waals surface area contributed by atoms with Gasteiger partial charge in [0, 0.05) is 49.1 Å². The summed E-state index contributed by atoms with van der Waals surface area (Å²) >= 11 is 7.75. The lowest BCUT2D eigenvalue weighted by atomic mass is 10.2. The van der Waals surface area contributed by atoms with Crippen LogP contribution in [0, 0.1) is 0 Å². The van der Waals surface area contributed by atoms with E-state index in [-0.39, 0.29) is 11.5 Å². The van der Waals surface area contributed by atoms with Crippen LogP contribution in [0.15, 0.2) is 82.7 Å². The van der Waals surface area contributed by atoms with Crippen molar-refractivity contribution in [2.45, 2.75) is 24.4 Å². The summed E-state index contributed by atoms with van der Waals surface area (Å²) < 4.78 is 6.87. The molecule has 1 aromatic heterocycles. The molecule has 0 saturated carbocycles. The van der Waals surface area contributed by atoms with E-state index >= 15 is 0 Å². The van der Waals surface area contributed by atoms with E-state index in [1.807, 2.05) is 47.4 Å². The smallest absolute Gasteiger partial charge is 0.266 e. The van der Waals surface area contributed by atoms with Gasteiger partial charge in [-0.2, -0.15) is 0 Å². The SMILES string of the molecule is COc1ccc(N2CCN(C(=O)CCCCSc3nc4ccccc4c(=O)n3-c3cccc(Cl)c3)CC2)cc1. The van der Waals surface area contributed by atoms with Gasteiger partial charge in [-0.25, -0.2) is 4.98 Å². The number of thioether (sulfide) groups is 1. The molecule has 3 aromatic carbocycles. The number of methoxy groups -OCH3 is 1. The zero-order chi connectivity index (χ0) is 27.2. The van der Waals surface area contributed by atoms with Crippen LogP contribution in [0.3, 0.4) is 0 Å². The number of para-hydroxylation sites is 1. The standard InChI is InChI=1S/C30H31ClN4O3S/c1-38-25-14-12-23(13-15-25)33-16-18-34(19-17-33)28(36)11-4-5-20-39-30-32-27-10-3-2-9-26(27)29(37)35(30)24-8-6-7-22(31)21-24/h2-3,6-10,12-15,21H,4-5,11,16-20H2,1H3. The molecular formula is C30H31ClN4O3S. The van der Waals surface area contributed by atoms with E-state index in [1.54, 1.807) is 29.9 Å². The first kappa shape index (κ1) is 27.1. The van der Waals surface area contributed by atoms with Crippen LogP contribution in [0.25, 0.3) is 16.6 Å². The summed E-state index contributed by atoms with van der Waals surface area (Å²) in [7, 11) is 1.66. The number of halogens is 1. The maximum atomic E-state index is 13.4. The fourth-order valence-electron chi connectivity index (χ4n) is 4.76. The molecule has 2 heterocycles. The Bertz CT molecular complexity index is 1500. The van der Waals surface area contributed by atoms with Crippen LogP contribution in [0.2, 0.25) is 5.02 Å². The van der Waals surface area contributed by atoms with E-state index in [2.05, 4.69) is 17.0 Å². The highest BCUT2D eigenvalue weighted by Crippen LogP contribution is 2.25. The minimum Gasteiger partial charge on any atom is -0.497 e. The molecule has 0 aliphatic carbocycles. The number of carbonyl (C=O) groups excluding carboxylic acids is 1. The minimum atomic E-state index is -0.116. The van der Waals surface area contributed by atoms with Gasteiger partial charge >= 0.3 is 0 Å². The molecule has 0 unspecified atom stereocenters. The molecule has 0 N–H and O–H groups in total. The van der Waals surface area contributed by atoms with Crippen molar-refractivity contribution in [1.82, 2.24) is 14.5 Å². The molecule has 1 fully saturated rings. The number of rotatable bonds is 9. The van der Waals surface area contributed by atoms with Crippen molar-refractivity contribution in [3.63, 3.8) is 0 Å². The Morgan fingerprint density at radius 3 is 2.46 bits per heavy atom. The molecule has 1 amide bonds. The molecular weight excluding hydrogens is 532 g/mol. The number of unbranched alkanes of at least 4 members (excludes halogenated alkanes) is 1. The number of piperazine rings is 1. The molecule has 5 rings (SSSR count). The van der Waals surface area contributed by atoms with Crippen LogP contribution in [0.4, 0.5) is 5.69 Å². The van der Waals surface area contributed by atoms with E-state index in [1.165, 1.54) is 11.8 Å². The highest BCUT2D eigenvalue weighted by molar-refractivity contribution is 7.99. The van der Waals surface area contributed by atoms with Gasteiger partial charge in [-0.3, -0.25) is 14.2 Å². The number of benzene rings is 3. The lowest BCUT2D eigenvalue weighted by molar-refractivity contribution is -0.131. The second-order valence-corrected chi connectivity index (χ2v) is 10.9. The Balaban J connectivity index is 1.15. The van der Waals surface area contributed by atoms with Gasteiger partial charge in [-0.15, -0.1) is 0 Å². The predicted molar refractivity (Wildman–Crippen MR) is 159 cm³/mol. The van der Waals surface area contributed by atoms with Gasteiger partial charge in [-0.05, 0) is 67.4 Å². The van der Waals surface area contributed by atoms with E-state index in [0.717, 1.165) is 56.2 Å². The summed E-state index contributed by atoms with van der Waals surface area (Å²) in [5.74, 6) is 1.80. The summed E-state index contributed by atoms with van der Waals surface area (Å²) in [6, 6.07) is 22.7. The minimum absolute atomic E-state index is 0.116. The molecule has 0 atom stereocenters. The van der Waals surface area contributed by atoms with Gasteiger partial charge in [0.1, 0.15) is 5.75 Å². The number of hydrogen-bond donors (Lipinski definition) is 0. The summed E-state index contributed by atoms with van der Waals surface area (Å²) in [5.41, 5.74) is 2.40. The van der Waals surface area contributed by atoms with Crippen LogP contribution in [0.5, 0.6) is 5.75 Å². The molecule has 0 bridgehead atoms. The molecule has 1 saturated heterocycles. The summed E-state index contributed by atoms with van der Waals surface area (Å²) in [5, 5.41) is 1.76. The van der Waals surface area contributed by atoms with Crippen LogP contribution in [-0.2, 0) is 4.79 Å². The topological polar surface area (TPSA) is 67.7 Å². The third-order valence-corrected chi connectivity index (χ3v) is 8.16. The largest absolute Gasteiger partial charge is 0.497 e. The Morgan fingerprint density at radius 2 is 1.72 bits per heavy atom. The van der Waals surface area contributed by atoms with Gasteiger partial charge in [0.25, 0.3) is 5.56 Å². The lowest BCUT2D eigenvalue weighted by Gasteiger charge is -2.36. The van der Waals surface area contributed by atoms with Gasteiger partial charge < -0.3 is 14.5 Å². The fraction of sp³-hybridized carbons (Fsp3) is 0.300. The monoisotopic (exact) mass is 562 g/mol. The molecule has 0 radical (unpaired) electrons. The molecule has 0 spiro atoms. The van der Waals surface area contributed by atoms with E-state index in [0.29, 0.717) is 33.2 Å². The first-order valence-corrected chi connectivity index (χ1v) is 14.5. The molecule has 9 heteroatoms. The van der Waals surface area contributed by atoms with Gasteiger partial charge in [0.15, 0.2) is 5.16 Å². The second kappa shape index (κ2) is 12.6. The molecule has 202 valence electrons. The number of amides is 1. The number of aromatic nitrogens is 2. The highest BCUT2D eigenvalue weighted by Gasteiger charge is 2.21. The van der Waals surface area contributed by atoms with Gasteiger partial charge in [0.2, 0.25) is 5.91 Å². The van der Waals surface area contributed by atoms with Crippen molar-refractivity contribution in [1.29, 1.82) is 0 Å². The van der Waals surface area contributed by atoms with Crippen molar-refractivity contribution in [3.8, 4) is 11.4 Å². The molecule has 1 aliphatic rings. The third kappa shape index (κ3) is 6.40. The average Bonchev–Trinajstić information content (AvgIpc) is 2.97. The summed E-state index contributed by atoms with van der Waals surface area (Å²) in [6.45, 7) is 3.10. The van der Waals surface area contributed by atoms with E-state index < -0.39 is 0 Å². The van der Waals surface area contributed by atoms with Crippen molar-refractivity contribution in [3.05, 3.63) is 88.2 Å². The second-order valence-electron chi connectivity index (χ2n) is 9.40. The van der Waals surface area contributed by atoms with Gasteiger partial charge in [0.05, 0.1) is 23.7 Å². The van der Waals surface area contributed by atoms with E-state index in [9.17, 15) is 9.59 Å². The Morgan fingerprint density at radius 1 is 0.949 bits per heavy atom. The molecule has 7 nitrogen and oxygen atoms in total. The van der Waals surface area contributed by atoms with Crippen molar-refractivity contribution in [2.24, 2.45) is 0 Å². The quantitative estimate of drug-likeness (QED) is 0.149. The first-order chi connectivity index (χ1) is 19.0. The first-order valence-electron chi connectivity index (χ1n) is 13.1. The summed E-state index contributed by atoms with van der Waals surface area (Å²) in [6.07, 6.45) is 2.16. The third-order valence-electron chi connectivity index (χ3n) is 6.90. The van der Waals surface area contributed by atoms with Crippen molar-refractivity contribution < 1.29 is 9.53 Å². The number of nitrogens with zero attached hydrogens (tertiary/aromatic N) is 4. The Kier molecular flexibility index (Phi) is 8.74. The van der Waals surface area contributed by atoms with Crippen LogP contribution < -0.4 is 15.2 Å². The molecule has 1 aliphatic heterocycles. The van der Waals surface area contributed by atoms with Crippen LogP contribution in [0.1, 0.15) is 19.3 Å². The average molecular weight is 563 g/mol. The number of carbonyl (C=O) groups is 1.